The molecule has 2 heterocycles. The molecule has 0 amide bonds. The molecule has 5 nitrogen and oxygen atoms in total. The molecule has 0 spiro atoms. The summed E-state index contributed by atoms with van der Waals surface area (Å²) in [5.41, 5.74) is 0. The SMILES string of the molecule is CCC(c1nc(C2CSCCO2)no1)C(C)O. The van der Waals surface area contributed by atoms with Crippen molar-refractivity contribution in [3.05, 3.63) is 11.7 Å². The lowest BCUT2D eigenvalue weighted by Gasteiger charge is -2.18. The zero-order chi connectivity index (χ0) is 12.3. The second-order valence-electron chi connectivity index (χ2n) is 4.18. The van der Waals surface area contributed by atoms with Crippen molar-refractivity contribution in [1.29, 1.82) is 0 Å². The monoisotopic (exact) mass is 258 g/mol. The van der Waals surface area contributed by atoms with Gasteiger partial charge in [-0.1, -0.05) is 12.1 Å². The molecular formula is C11H18N2O3S. The van der Waals surface area contributed by atoms with Crippen molar-refractivity contribution in [2.24, 2.45) is 0 Å². The van der Waals surface area contributed by atoms with Gasteiger partial charge in [0.25, 0.3) is 0 Å². The van der Waals surface area contributed by atoms with Gasteiger partial charge in [0.15, 0.2) is 0 Å². The predicted molar refractivity (Wildman–Crippen MR) is 65.0 cm³/mol. The van der Waals surface area contributed by atoms with E-state index in [-0.39, 0.29) is 12.0 Å². The van der Waals surface area contributed by atoms with Crippen molar-refractivity contribution in [2.75, 3.05) is 18.1 Å². The van der Waals surface area contributed by atoms with E-state index < -0.39 is 6.10 Å². The number of rotatable bonds is 4. The van der Waals surface area contributed by atoms with Gasteiger partial charge in [-0.15, -0.1) is 0 Å². The van der Waals surface area contributed by atoms with Crippen LogP contribution in [0.25, 0.3) is 0 Å². The number of ether oxygens (including phenoxy) is 1. The number of aliphatic hydroxyl groups excluding tert-OH is 1. The zero-order valence-corrected chi connectivity index (χ0v) is 10.9. The van der Waals surface area contributed by atoms with Gasteiger partial charge in [0.05, 0.1) is 18.6 Å². The standard InChI is InChI=1S/C11H18N2O3S/c1-3-8(7(2)14)11-12-10(13-16-11)9-6-17-5-4-15-9/h7-9,14H,3-6H2,1-2H3. The maximum absolute atomic E-state index is 9.62. The molecule has 1 aliphatic heterocycles. The summed E-state index contributed by atoms with van der Waals surface area (Å²) in [6.45, 7) is 4.46. The summed E-state index contributed by atoms with van der Waals surface area (Å²) in [7, 11) is 0. The van der Waals surface area contributed by atoms with Crippen LogP contribution in [-0.2, 0) is 4.74 Å². The summed E-state index contributed by atoms with van der Waals surface area (Å²) < 4.78 is 10.8. The highest BCUT2D eigenvalue weighted by molar-refractivity contribution is 7.99. The topological polar surface area (TPSA) is 68.4 Å². The Morgan fingerprint density at radius 3 is 3.00 bits per heavy atom. The van der Waals surface area contributed by atoms with Gasteiger partial charge in [-0.25, -0.2) is 0 Å². The molecule has 0 bridgehead atoms. The minimum absolute atomic E-state index is 0.0715. The number of aromatic nitrogens is 2. The van der Waals surface area contributed by atoms with E-state index in [9.17, 15) is 5.11 Å². The van der Waals surface area contributed by atoms with Crippen molar-refractivity contribution < 1.29 is 14.4 Å². The second kappa shape index (κ2) is 5.84. The Hall–Kier alpha value is -0.590. The molecule has 3 atom stereocenters. The minimum Gasteiger partial charge on any atom is -0.393 e. The Kier molecular flexibility index (Phi) is 4.42. The fourth-order valence-electron chi connectivity index (χ4n) is 1.89. The van der Waals surface area contributed by atoms with Crippen LogP contribution < -0.4 is 0 Å². The van der Waals surface area contributed by atoms with E-state index in [4.69, 9.17) is 9.26 Å². The van der Waals surface area contributed by atoms with Crippen molar-refractivity contribution in [3.63, 3.8) is 0 Å². The van der Waals surface area contributed by atoms with Crippen LogP contribution in [0.15, 0.2) is 4.52 Å². The normalized spacial score (nSPS) is 24.5. The molecule has 2 rings (SSSR count). The van der Waals surface area contributed by atoms with Gasteiger partial charge < -0.3 is 14.4 Å². The van der Waals surface area contributed by atoms with E-state index in [1.807, 2.05) is 18.7 Å². The number of hydrogen-bond acceptors (Lipinski definition) is 6. The fourth-order valence-corrected chi connectivity index (χ4v) is 2.73. The lowest BCUT2D eigenvalue weighted by molar-refractivity contribution is 0.0677. The lowest BCUT2D eigenvalue weighted by Crippen LogP contribution is -2.17. The smallest absolute Gasteiger partial charge is 0.232 e. The van der Waals surface area contributed by atoms with Crippen molar-refractivity contribution in [3.8, 4) is 0 Å². The highest BCUT2D eigenvalue weighted by Gasteiger charge is 2.26. The fraction of sp³-hybridized carbons (Fsp3) is 0.818. The molecule has 1 saturated heterocycles. The first-order chi connectivity index (χ1) is 8.22. The van der Waals surface area contributed by atoms with E-state index >= 15 is 0 Å². The van der Waals surface area contributed by atoms with Crippen LogP contribution in [0.1, 0.15) is 44.0 Å². The number of aliphatic hydroxyl groups is 1. The molecule has 1 aliphatic rings. The van der Waals surface area contributed by atoms with Gasteiger partial charge in [-0.3, -0.25) is 0 Å². The first-order valence-corrected chi connectivity index (χ1v) is 7.08. The third-order valence-corrected chi connectivity index (χ3v) is 3.89. The van der Waals surface area contributed by atoms with Gasteiger partial charge in [0.2, 0.25) is 11.7 Å². The van der Waals surface area contributed by atoms with Gasteiger partial charge in [-0.2, -0.15) is 16.7 Å². The summed E-state index contributed by atoms with van der Waals surface area (Å²) in [5.74, 6) is 2.91. The zero-order valence-electron chi connectivity index (χ0n) is 10.1. The summed E-state index contributed by atoms with van der Waals surface area (Å²) in [6.07, 6.45) is 0.229. The summed E-state index contributed by atoms with van der Waals surface area (Å²) in [5, 5.41) is 13.6. The molecule has 0 aromatic carbocycles. The van der Waals surface area contributed by atoms with E-state index in [0.717, 1.165) is 24.5 Å². The quantitative estimate of drug-likeness (QED) is 0.887. The van der Waals surface area contributed by atoms with Crippen LogP contribution in [0.2, 0.25) is 0 Å². The Morgan fingerprint density at radius 2 is 2.41 bits per heavy atom. The highest BCUT2D eigenvalue weighted by atomic mass is 32.2. The van der Waals surface area contributed by atoms with Gasteiger partial charge in [-0.05, 0) is 13.3 Å². The van der Waals surface area contributed by atoms with Crippen LogP contribution >= 0.6 is 11.8 Å². The van der Waals surface area contributed by atoms with Crippen molar-refractivity contribution in [1.82, 2.24) is 10.1 Å². The van der Waals surface area contributed by atoms with Gasteiger partial charge in [0.1, 0.15) is 6.10 Å². The van der Waals surface area contributed by atoms with Crippen LogP contribution in [0.4, 0.5) is 0 Å². The molecular weight excluding hydrogens is 240 g/mol. The molecule has 17 heavy (non-hydrogen) atoms. The molecule has 3 unspecified atom stereocenters. The number of hydrogen-bond donors (Lipinski definition) is 1. The molecule has 1 aromatic rings. The van der Waals surface area contributed by atoms with E-state index in [1.165, 1.54) is 0 Å². The average Bonchev–Trinajstić information content (AvgIpc) is 2.80. The first kappa shape index (κ1) is 12.9. The highest BCUT2D eigenvalue weighted by Crippen LogP contribution is 2.27. The maximum Gasteiger partial charge on any atom is 0.232 e. The van der Waals surface area contributed by atoms with Crippen molar-refractivity contribution in [2.45, 2.75) is 38.4 Å². The largest absolute Gasteiger partial charge is 0.393 e. The maximum atomic E-state index is 9.62. The summed E-state index contributed by atoms with van der Waals surface area (Å²) >= 11 is 1.83. The molecule has 0 aliphatic carbocycles. The Bertz CT molecular complexity index is 350. The van der Waals surface area contributed by atoms with E-state index in [2.05, 4.69) is 10.1 Å². The third kappa shape index (κ3) is 3.00. The van der Waals surface area contributed by atoms with Crippen LogP contribution in [0.5, 0.6) is 0 Å². The second-order valence-corrected chi connectivity index (χ2v) is 5.33. The summed E-state index contributed by atoms with van der Waals surface area (Å²) in [4.78, 5) is 4.35. The molecule has 1 aromatic heterocycles. The van der Waals surface area contributed by atoms with Crippen LogP contribution in [0.3, 0.4) is 0 Å². The predicted octanol–water partition coefficient (Wildman–Crippen LogP) is 1.75. The average molecular weight is 258 g/mol. The molecule has 6 heteroatoms. The number of nitrogens with zero attached hydrogens (tertiary/aromatic N) is 2. The van der Waals surface area contributed by atoms with Crippen molar-refractivity contribution >= 4 is 11.8 Å². The Morgan fingerprint density at radius 1 is 1.59 bits per heavy atom. The Balaban J connectivity index is 2.08. The van der Waals surface area contributed by atoms with Crippen LogP contribution in [0, 0.1) is 0 Å². The molecule has 96 valence electrons. The molecule has 1 N–H and O–H groups in total. The first-order valence-electron chi connectivity index (χ1n) is 5.93. The molecule has 1 fully saturated rings. The molecule has 0 radical (unpaired) electrons. The van der Waals surface area contributed by atoms with Crippen LogP contribution in [-0.4, -0.2) is 39.5 Å². The lowest BCUT2D eigenvalue weighted by atomic mass is 10.0. The third-order valence-electron chi connectivity index (χ3n) is 2.90. The van der Waals surface area contributed by atoms with Gasteiger partial charge >= 0.3 is 0 Å². The minimum atomic E-state index is -0.477. The summed E-state index contributed by atoms with van der Waals surface area (Å²) in [6, 6.07) is 0. The van der Waals surface area contributed by atoms with Gasteiger partial charge in [0, 0.05) is 11.5 Å². The molecule has 0 saturated carbocycles. The van der Waals surface area contributed by atoms with E-state index in [0.29, 0.717) is 11.7 Å². The Labute approximate surface area is 105 Å². The van der Waals surface area contributed by atoms with E-state index in [1.54, 1.807) is 6.92 Å². The number of thioether (sulfide) groups is 1.